The van der Waals surface area contributed by atoms with E-state index in [1.54, 1.807) is 48.6 Å². The molecule has 0 amide bonds. The summed E-state index contributed by atoms with van der Waals surface area (Å²) in [7, 11) is 0. The van der Waals surface area contributed by atoms with Crippen molar-refractivity contribution < 1.29 is 18.7 Å². The highest BCUT2D eigenvalue weighted by Gasteiger charge is 2.25. The van der Waals surface area contributed by atoms with E-state index < -0.39 is 18.0 Å². The highest BCUT2D eigenvalue weighted by Crippen LogP contribution is 2.27. The minimum atomic E-state index is -1.08. The van der Waals surface area contributed by atoms with Crippen molar-refractivity contribution in [1.82, 2.24) is 0 Å². The molecule has 162 valence electrons. The average molecular weight is 429 g/mol. The zero-order valence-corrected chi connectivity index (χ0v) is 17.9. The number of halogens is 1. The molecule has 4 nitrogen and oxygen atoms in total. The lowest BCUT2D eigenvalue weighted by Gasteiger charge is -2.19. The van der Waals surface area contributed by atoms with E-state index in [9.17, 15) is 14.4 Å². The van der Waals surface area contributed by atoms with Crippen LogP contribution in [0, 0.1) is 29.0 Å². The van der Waals surface area contributed by atoms with E-state index in [0.29, 0.717) is 22.6 Å². The van der Waals surface area contributed by atoms with Crippen molar-refractivity contribution in [1.29, 1.82) is 5.26 Å². The molecule has 0 radical (unpaired) electrons. The van der Waals surface area contributed by atoms with Gasteiger partial charge in [0.25, 0.3) is 0 Å². The second kappa shape index (κ2) is 10.9. The van der Waals surface area contributed by atoms with Gasteiger partial charge in [-0.15, -0.1) is 0 Å². The summed E-state index contributed by atoms with van der Waals surface area (Å²) in [6.45, 7) is 3.77. The van der Waals surface area contributed by atoms with Gasteiger partial charge in [-0.25, -0.2) is 4.39 Å². The van der Waals surface area contributed by atoms with Crippen LogP contribution in [-0.2, 0) is 9.53 Å². The van der Waals surface area contributed by atoms with E-state index >= 15 is 0 Å². The van der Waals surface area contributed by atoms with Gasteiger partial charge in [0.1, 0.15) is 23.4 Å². The summed E-state index contributed by atoms with van der Waals surface area (Å²) in [6.07, 6.45) is 2.29. The molecule has 0 aliphatic carbocycles. The maximum Gasteiger partial charge on any atom is 0.314 e. The quantitative estimate of drug-likeness (QED) is 0.373. The van der Waals surface area contributed by atoms with Crippen molar-refractivity contribution in [2.45, 2.75) is 20.0 Å². The third-order valence-electron chi connectivity index (χ3n) is 4.83. The van der Waals surface area contributed by atoms with Crippen LogP contribution in [0.3, 0.4) is 0 Å². The van der Waals surface area contributed by atoms with Crippen molar-refractivity contribution in [3.63, 3.8) is 0 Å². The summed E-state index contributed by atoms with van der Waals surface area (Å²) in [6, 6.07) is 24.3. The van der Waals surface area contributed by atoms with Crippen LogP contribution < -0.4 is 4.74 Å². The Morgan fingerprint density at radius 1 is 0.969 bits per heavy atom. The predicted molar refractivity (Wildman–Crippen MR) is 121 cm³/mol. The third kappa shape index (κ3) is 6.29. The van der Waals surface area contributed by atoms with E-state index in [0.717, 1.165) is 0 Å². The Bertz CT molecular complexity index is 1120. The molecule has 0 aromatic heterocycles. The molecule has 0 saturated heterocycles. The number of rotatable bonds is 8. The highest BCUT2D eigenvalue weighted by molar-refractivity contribution is 5.76. The number of ether oxygens (including phenoxy) is 2. The second-order valence-electron chi connectivity index (χ2n) is 7.62. The topological polar surface area (TPSA) is 59.3 Å². The zero-order chi connectivity index (χ0) is 22.9. The van der Waals surface area contributed by atoms with Crippen LogP contribution in [0.5, 0.6) is 11.5 Å². The Hall–Kier alpha value is -3.91. The smallest absolute Gasteiger partial charge is 0.314 e. The zero-order valence-electron chi connectivity index (χ0n) is 17.9. The molecule has 0 aliphatic heterocycles. The molecule has 0 fully saturated rings. The van der Waals surface area contributed by atoms with Gasteiger partial charge in [-0.05, 0) is 47.9 Å². The molecule has 5 heteroatoms. The van der Waals surface area contributed by atoms with Gasteiger partial charge in [-0.1, -0.05) is 68.5 Å². The first-order chi connectivity index (χ1) is 15.5. The van der Waals surface area contributed by atoms with E-state index in [-0.39, 0.29) is 11.7 Å². The predicted octanol–water partition coefficient (Wildman–Crippen LogP) is 6.71. The number of nitrogens with zero attached hydrogens (tertiary/aromatic N) is 1. The molecule has 0 N–H and O–H groups in total. The molecule has 3 rings (SSSR count). The molecular formula is C27H24FNO3. The number of benzene rings is 3. The molecule has 2 unspecified atom stereocenters. The SMILES string of the molecule is CC(C)C(C=Cc1cccc(F)c1)C(=O)OC(C#N)c1cccc(Oc2ccccc2)c1. The summed E-state index contributed by atoms with van der Waals surface area (Å²) in [4.78, 5) is 12.9. The minimum absolute atomic E-state index is 0.0700. The summed E-state index contributed by atoms with van der Waals surface area (Å²) in [5, 5.41) is 9.64. The lowest BCUT2D eigenvalue weighted by Crippen LogP contribution is -2.22. The first-order valence-corrected chi connectivity index (χ1v) is 10.3. The summed E-state index contributed by atoms with van der Waals surface area (Å²) >= 11 is 0. The third-order valence-corrected chi connectivity index (χ3v) is 4.83. The number of esters is 1. The maximum atomic E-state index is 13.4. The van der Waals surface area contributed by atoms with E-state index in [2.05, 4.69) is 0 Å². The fourth-order valence-corrected chi connectivity index (χ4v) is 3.13. The van der Waals surface area contributed by atoms with Crippen LogP contribution in [0.1, 0.15) is 31.1 Å². The fraction of sp³-hybridized carbons (Fsp3) is 0.185. The summed E-state index contributed by atoms with van der Waals surface area (Å²) in [5.41, 5.74) is 1.16. The van der Waals surface area contributed by atoms with Crippen LogP contribution in [0.15, 0.2) is 84.9 Å². The number of carbonyl (C=O) groups excluding carboxylic acids is 1. The first-order valence-electron chi connectivity index (χ1n) is 10.3. The second-order valence-corrected chi connectivity index (χ2v) is 7.62. The Kier molecular flexibility index (Phi) is 7.77. The lowest BCUT2D eigenvalue weighted by molar-refractivity contribution is -0.151. The first kappa shape index (κ1) is 22.8. The Balaban J connectivity index is 1.74. The van der Waals surface area contributed by atoms with Crippen LogP contribution in [0.4, 0.5) is 4.39 Å². The maximum absolute atomic E-state index is 13.4. The van der Waals surface area contributed by atoms with Gasteiger partial charge in [0.05, 0.1) is 5.92 Å². The molecule has 0 heterocycles. The number of hydrogen-bond donors (Lipinski definition) is 0. The van der Waals surface area contributed by atoms with Crippen molar-refractivity contribution in [2.24, 2.45) is 11.8 Å². The minimum Gasteiger partial charge on any atom is -0.457 e. The van der Waals surface area contributed by atoms with Gasteiger partial charge in [0, 0.05) is 5.56 Å². The van der Waals surface area contributed by atoms with Crippen LogP contribution in [-0.4, -0.2) is 5.97 Å². The van der Waals surface area contributed by atoms with Crippen molar-refractivity contribution >= 4 is 12.0 Å². The molecule has 0 aliphatic rings. The monoisotopic (exact) mass is 429 g/mol. The van der Waals surface area contributed by atoms with Crippen LogP contribution in [0.25, 0.3) is 6.08 Å². The van der Waals surface area contributed by atoms with Crippen molar-refractivity contribution in [3.05, 3.63) is 102 Å². The largest absolute Gasteiger partial charge is 0.457 e. The fourth-order valence-electron chi connectivity index (χ4n) is 3.13. The Labute approximate surface area is 187 Å². The molecule has 0 saturated carbocycles. The van der Waals surface area contributed by atoms with Crippen molar-refractivity contribution in [3.8, 4) is 17.6 Å². The van der Waals surface area contributed by atoms with Gasteiger partial charge in [0.2, 0.25) is 6.10 Å². The number of carbonyl (C=O) groups is 1. The number of para-hydroxylation sites is 1. The van der Waals surface area contributed by atoms with E-state index in [1.165, 1.54) is 12.1 Å². The van der Waals surface area contributed by atoms with Crippen LogP contribution >= 0.6 is 0 Å². The Morgan fingerprint density at radius 3 is 2.38 bits per heavy atom. The Morgan fingerprint density at radius 2 is 1.69 bits per heavy atom. The van der Waals surface area contributed by atoms with Crippen molar-refractivity contribution in [2.75, 3.05) is 0 Å². The number of hydrogen-bond acceptors (Lipinski definition) is 4. The molecular weight excluding hydrogens is 405 g/mol. The van der Waals surface area contributed by atoms with Gasteiger partial charge < -0.3 is 9.47 Å². The summed E-state index contributed by atoms with van der Waals surface area (Å²) in [5.74, 6) is -0.322. The van der Waals surface area contributed by atoms with E-state index in [1.807, 2.05) is 50.2 Å². The lowest BCUT2D eigenvalue weighted by atomic mass is 9.94. The highest BCUT2D eigenvalue weighted by atomic mass is 19.1. The molecule has 2 atom stereocenters. The average Bonchev–Trinajstić information content (AvgIpc) is 2.78. The van der Waals surface area contributed by atoms with Gasteiger partial charge in [-0.3, -0.25) is 4.79 Å². The van der Waals surface area contributed by atoms with Gasteiger partial charge in [0.15, 0.2) is 0 Å². The normalized spacial score (nSPS) is 12.8. The molecule has 3 aromatic rings. The van der Waals surface area contributed by atoms with Gasteiger partial charge in [-0.2, -0.15) is 5.26 Å². The molecule has 32 heavy (non-hydrogen) atoms. The standard InChI is InChI=1S/C27H24FNO3/c1-19(2)25(15-14-20-8-6-10-22(28)16-20)27(30)32-26(18-29)21-9-7-13-24(17-21)31-23-11-4-3-5-12-23/h3-17,19,25-26H,1-2H3. The number of nitriles is 1. The molecule has 0 spiro atoms. The van der Waals surface area contributed by atoms with Gasteiger partial charge >= 0.3 is 5.97 Å². The van der Waals surface area contributed by atoms with E-state index in [4.69, 9.17) is 9.47 Å². The van der Waals surface area contributed by atoms with Crippen LogP contribution in [0.2, 0.25) is 0 Å². The molecule has 0 bridgehead atoms. The summed E-state index contributed by atoms with van der Waals surface area (Å²) < 4.78 is 24.8. The molecule has 3 aromatic carbocycles.